The quantitative estimate of drug-likeness (QED) is 0.905. The second kappa shape index (κ2) is 5.90. The molecule has 1 saturated carbocycles. The molecule has 106 valence electrons. The summed E-state index contributed by atoms with van der Waals surface area (Å²) in [5.74, 6) is 0.707. The summed E-state index contributed by atoms with van der Waals surface area (Å²) in [7, 11) is 0. The summed E-state index contributed by atoms with van der Waals surface area (Å²) in [6.07, 6.45) is 7.58. The first-order valence-electron chi connectivity index (χ1n) is 7.47. The molecular weight excluding hydrogens is 248 g/mol. The van der Waals surface area contributed by atoms with E-state index in [-0.39, 0.29) is 6.04 Å². The number of nitrogens with two attached hydrogens (primary N) is 1. The first-order chi connectivity index (χ1) is 9.78. The summed E-state index contributed by atoms with van der Waals surface area (Å²) in [6, 6.07) is 8.48. The van der Waals surface area contributed by atoms with E-state index in [1.165, 1.54) is 16.3 Å². The number of ether oxygens (including phenoxy) is 1. The van der Waals surface area contributed by atoms with Crippen molar-refractivity contribution in [3.63, 3.8) is 0 Å². The molecule has 1 aromatic heterocycles. The van der Waals surface area contributed by atoms with Gasteiger partial charge in [0.2, 0.25) is 0 Å². The fraction of sp³-hybridized carbons (Fsp3) is 0.471. The SMILES string of the molecule is CCOC1CC(CC(N)c2cccc3cnccc23)C1. The molecule has 3 nitrogen and oxygen atoms in total. The molecular formula is C17H22N2O. The van der Waals surface area contributed by atoms with Crippen LogP contribution in [0.25, 0.3) is 10.8 Å². The van der Waals surface area contributed by atoms with Crippen molar-refractivity contribution in [2.75, 3.05) is 6.61 Å². The minimum absolute atomic E-state index is 0.105. The summed E-state index contributed by atoms with van der Waals surface area (Å²) in [4.78, 5) is 4.17. The van der Waals surface area contributed by atoms with Crippen LogP contribution >= 0.6 is 0 Å². The van der Waals surface area contributed by atoms with Crippen molar-refractivity contribution in [3.05, 3.63) is 42.2 Å². The number of hydrogen-bond donors (Lipinski definition) is 1. The van der Waals surface area contributed by atoms with E-state index < -0.39 is 0 Å². The van der Waals surface area contributed by atoms with Crippen molar-refractivity contribution in [2.45, 2.75) is 38.3 Å². The summed E-state index contributed by atoms with van der Waals surface area (Å²) < 4.78 is 5.62. The van der Waals surface area contributed by atoms with Gasteiger partial charge in [-0.05, 0) is 49.1 Å². The molecule has 0 spiro atoms. The third-order valence-corrected chi connectivity index (χ3v) is 4.30. The van der Waals surface area contributed by atoms with Gasteiger partial charge in [0.25, 0.3) is 0 Å². The molecule has 2 aromatic rings. The molecule has 2 N–H and O–H groups in total. The van der Waals surface area contributed by atoms with Crippen molar-refractivity contribution in [1.29, 1.82) is 0 Å². The lowest BCUT2D eigenvalue weighted by Crippen LogP contribution is -2.33. The average molecular weight is 270 g/mol. The van der Waals surface area contributed by atoms with Crippen LogP contribution in [-0.2, 0) is 4.74 Å². The van der Waals surface area contributed by atoms with E-state index in [0.717, 1.165) is 25.9 Å². The van der Waals surface area contributed by atoms with E-state index in [0.29, 0.717) is 12.0 Å². The third-order valence-electron chi connectivity index (χ3n) is 4.30. The van der Waals surface area contributed by atoms with E-state index >= 15 is 0 Å². The smallest absolute Gasteiger partial charge is 0.0580 e. The van der Waals surface area contributed by atoms with Crippen LogP contribution in [0.2, 0.25) is 0 Å². The van der Waals surface area contributed by atoms with Crippen molar-refractivity contribution >= 4 is 10.8 Å². The van der Waals surface area contributed by atoms with Crippen LogP contribution in [0.5, 0.6) is 0 Å². The number of pyridine rings is 1. The molecule has 0 aliphatic heterocycles. The Morgan fingerprint density at radius 1 is 1.35 bits per heavy atom. The molecule has 0 saturated heterocycles. The summed E-state index contributed by atoms with van der Waals surface area (Å²) >= 11 is 0. The third kappa shape index (κ3) is 2.69. The number of benzene rings is 1. The van der Waals surface area contributed by atoms with Crippen LogP contribution in [0.15, 0.2) is 36.7 Å². The van der Waals surface area contributed by atoms with Crippen LogP contribution in [0.3, 0.4) is 0 Å². The van der Waals surface area contributed by atoms with E-state index in [1.807, 2.05) is 12.4 Å². The average Bonchev–Trinajstić information content (AvgIpc) is 2.44. The monoisotopic (exact) mass is 270 g/mol. The highest BCUT2D eigenvalue weighted by molar-refractivity contribution is 5.85. The van der Waals surface area contributed by atoms with E-state index in [1.54, 1.807) is 0 Å². The number of hydrogen-bond acceptors (Lipinski definition) is 3. The van der Waals surface area contributed by atoms with Crippen molar-refractivity contribution in [3.8, 4) is 0 Å². The highest BCUT2D eigenvalue weighted by Crippen LogP contribution is 2.37. The fourth-order valence-electron chi connectivity index (χ4n) is 3.20. The van der Waals surface area contributed by atoms with Crippen molar-refractivity contribution in [2.24, 2.45) is 11.7 Å². The Bertz CT molecular complexity index is 573. The zero-order valence-corrected chi connectivity index (χ0v) is 12.0. The zero-order chi connectivity index (χ0) is 13.9. The van der Waals surface area contributed by atoms with Gasteiger partial charge in [-0.25, -0.2) is 0 Å². The molecule has 20 heavy (non-hydrogen) atoms. The Kier molecular flexibility index (Phi) is 3.99. The molecule has 0 bridgehead atoms. The van der Waals surface area contributed by atoms with E-state index in [9.17, 15) is 0 Å². The topological polar surface area (TPSA) is 48.1 Å². The van der Waals surface area contributed by atoms with Crippen LogP contribution in [0.4, 0.5) is 0 Å². The maximum atomic E-state index is 6.43. The molecule has 0 amide bonds. The highest BCUT2D eigenvalue weighted by atomic mass is 16.5. The van der Waals surface area contributed by atoms with Gasteiger partial charge in [0.1, 0.15) is 0 Å². The van der Waals surface area contributed by atoms with Gasteiger partial charge >= 0.3 is 0 Å². The predicted molar refractivity (Wildman–Crippen MR) is 81.4 cm³/mol. The maximum absolute atomic E-state index is 6.43. The van der Waals surface area contributed by atoms with Crippen LogP contribution in [0, 0.1) is 5.92 Å². The molecule has 1 aliphatic rings. The number of rotatable bonds is 5. The molecule has 1 aromatic carbocycles. The predicted octanol–water partition coefficient (Wildman–Crippen LogP) is 3.44. The van der Waals surface area contributed by atoms with Gasteiger partial charge in [0.05, 0.1) is 6.10 Å². The van der Waals surface area contributed by atoms with Gasteiger partial charge in [0.15, 0.2) is 0 Å². The van der Waals surface area contributed by atoms with Crippen molar-refractivity contribution < 1.29 is 4.74 Å². The van der Waals surface area contributed by atoms with Crippen molar-refractivity contribution in [1.82, 2.24) is 4.98 Å². The Balaban J connectivity index is 1.69. The molecule has 1 heterocycles. The van der Waals surface area contributed by atoms with Gasteiger partial charge in [0, 0.05) is 30.4 Å². The Morgan fingerprint density at radius 2 is 2.20 bits per heavy atom. The maximum Gasteiger partial charge on any atom is 0.0580 e. The van der Waals surface area contributed by atoms with Gasteiger partial charge in [-0.1, -0.05) is 18.2 Å². The Morgan fingerprint density at radius 3 is 3.00 bits per heavy atom. The number of fused-ring (bicyclic) bond motifs is 1. The second-order valence-corrected chi connectivity index (χ2v) is 5.70. The van der Waals surface area contributed by atoms with Gasteiger partial charge in [-0.15, -0.1) is 0 Å². The molecule has 1 unspecified atom stereocenters. The standard InChI is InChI=1S/C17H22N2O/c1-2-20-14-8-12(9-14)10-17(18)16-5-3-4-13-11-19-7-6-15(13)16/h3-7,11-12,14,17H,2,8-10,18H2,1H3. The minimum atomic E-state index is 0.105. The largest absolute Gasteiger partial charge is 0.378 e. The van der Waals surface area contributed by atoms with Crippen LogP contribution < -0.4 is 5.73 Å². The molecule has 3 heteroatoms. The number of nitrogens with zero attached hydrogens (tertiary/aromatic N) is 1. The Labute approximate surface area is 120 Å². The lowest BCUT2D eigenvalue weighted by Gasteiger charge is -2.36. The number of aromatic nitrogens is 1. The zero-order valence-electron chi connectivity index (χ0n) is 12.0. The van der Waals surface area contributed by atoms with E-state index in [4.69, 9.17) is 10.5 Å². The molecule has 1 aliphatic carbocycles. The highest BCUT2D eigenvalue weighted by Gasteiger charge is 2.31. The summed E-state index contributed by atoms with van der Waals surface area (Å²) in [6.45, 7) is 2.88. The normalized spacial score (nSPS) is 23.5. The first-order valence-corrected chi connectivity index (χ1v) is 7.47. The van der Waals surface area contributed by atoms with Crippen LogP contribution in [-0.4, -0.2) is 17.7 Å². The molecule has 1 atom stereocenters. The summed E-state index contributed by atoms with van der Waals surface area (Å²) in [5.41, 5.74) is 7.67. The minimum Gasteiger partial charge on any atom is -0.378 e. The van der Waals surface area contributed by atoms with Gasteiger partial charge < -0.3 is 10.5 Å². The molecule has 1 fully saturated rings. The lowest BCUT2D eigenvalue weighted by molar-refractivity contribution is -0.0281. The lowest BCUT2D eigenvalue weighted by atomic mass is 9.77. The molecule has 0 radical (unpaired) electrons. The van der Waals surface area contributed by atoms with E-state index in [2.05, 4.69) is 36.2 Å². The van der Waals surface area contributed by atoms with Gasteiger partial charge in [-0.3, -0.25) is 4.98 Å². The first kappa shape index (κ1) is 13.5. The second-order valence-electron chi connectivity index (χ2n) is 5.70. The van der Waals surface area contributed by atoms with Crippen LogP contribution in [0.1, 0.15) is 37.8 Å². The Hall–Kier alpha value is -1.45. The molecule has 3 rings (SSSR count). The summed E-state index contributed by atoms with van der Waals surface area (Å²) in [5, 5.41) is 2.40. The van der Waals surface area contributed by atoms with Gasteiger partial charge in [-0.2, -0.15) is 0 Å². The fourth-order valence-corrected chi connectivity index (χ4v) is 3.20.